The van der Waals surface area contributed by atoms with Gasteiger partial charge in [0.25, 0.3) is 17.1 Å². The van der Waals surface area contributed by atoms with Gasteiger partial charge in [0.15, 0.2) is 0 Å². The Morgan fingerprint density at radius 1 is 1.03 bits per heavy atom. The van der Waals surface area contributed by atoms with E-state index >= 15 is 0 Å². The molecule has 3 aromatic carbocycles. The lowest BCUT2D eigenvalue weighted by Crippen LogP contribution is -2.27. The van der Waals surface area contributed by atoms with Crippen molar-refractivity contribution in [2.45, 2.75) is 19.5 Å². The third-order valence-electron chi connectivity index (χ3n) is 5.22. The molecule has 1 saturated heterocycles. The molecule has 3 aromatic rings. The normalized spacial score (nSPS) is 15.7. The van der Waals surface area contributed by atoms with E-state index in [2.05, 4.69) is 5.32 Å². The molecule has 0 bridgehead atoms. The molecule has 166 valence electrons. The second-order valence-corrected chi connectivity index (χ2v) is 8.62. The number of carbonyl (C=O) groups is 3. The molecule has 0 radical (unpaired) electrons. The summed E-state index contributed by atoms with van der Waals surface area (Å²) in [5.74, 6) is -1.04. The molecule has 1 aliphatic rings. The molecule has 5 nitrogen and oxygen atoms in total. The Kier molecular flexibility index (Phi) is 6.70. The molecule has 0 saturated carbocycles. The number of thioether (sulfide) groups is 1. The van der Waals surface area contributed by atoms with Crippen LogP contribution in [0.3, 0.4) is 0 Å². The molecule has 1 N–H and O–H groups in total. The number of rotatable bonds is 6. The van der Waals surface area contributed by atoms with Crippen molar-refractivity contribution >= 4 is 34.9 Å². The Morgan fingerprint density at radius 2 is 1.76 bits per heavy atom. The highest BCUT2D eigenvalue weighted by Crippen LogP contribution is 2.33. The average molecular weight is 461 g/mol. The monoisotopic (exact) mass is 460 g/mol. The van der Waals surface area contributed by atoms with Crippen LogP contribution in [0.1, 0.15) is 40.0 Å². The van der Waals surface area contributed by atoms with Crippen molar-refractivity contribution in [2.75, 3.05) is 0 Å². The van der Waals surface area contributed by atoms with Crippen molar-refractivity contribution in [3.05, 3.63) is 112 Å². The van der Waals surface area contributed by atoms with Gasteiger partial charge in [0, 0.05) is 5.56 Å². The Hall–Kier alpha value is -3.71. The minimum Gasteiger partial charge on any atom is -0.346 e. The van der Waals surface area contributed by atoms with Crippen LogP contribution in [0.4, 0.5) is 9.18 Å². The standard InChI is InChI=1S/C26H21FN2O3S/c1-17(20-7-3-2-4-8-20)28-24(30)21-12-10-18(11-13-21)15-23-25(31)29(26(32)33-23)16-19-6-5-9-22(27)14-19/h2-15,17H,16H2,1H3,(H,28,30)/b23-15-. The third-order valence-corrected chi connectivity index (χ3v) is 6.13. The molecule has 1 atom stereocenters. The number of carbonyl (C=O) groups excluding carboxylic acids is 3. The summed E-state index contributed by atoms with van der Waals surface area (Å²) in [5, 5.41) is 2.56. The number of nitrogens with one attached hydrogen (secondary N) is 1. The maximum Gasteiger partial charge on any atom is 0.293 e. The first-order valence-electron chi connectivity index (χ1n) is 10.4. The Balaban J connectivity index is 1.42. The van der Waals surface area contributed by atoms with Crippen LogP contribution in [0.5, 0.6) is 0 Å². The van der Waals surface area contributed by atoms with Crippen molar-refractivity contribution in [3.63, 3.8) is 0 Å². The lowest BCUT2D eigenvalue weighted by Gasteiger charge is -2.14. The zero-order chi connectivity index (χ0) is 23.4. The summed E-state index contributed by atoms with van der Waals surface area (Å²) in [6, 6.07) is 22.2. The van der Waals surface area contributed by atoms with Gasteiger partial charge in [0.1, 0.15) is 5.82 Å². The summed E-state index contributed by atoms with van der Waals surface area (Å²) in [6.07, 6.45) is 1.62. The van der Waals surface area contributed by atoms with Crippen LogP contribution in [0.15, 0.2) is 83.8 Å². The molecule has 4 rings (SSSR count). The van der Waals surface area contributed by atoms with Crippen molar-refractivity contribution < 1.29 is 18.8 Å². The molecular formula is C26H21FN2O3S. The molecule has 1 aliphatic heterocycles. The summed E-state index contributed by atoms with van der Waals surface area (Å²) in [5.41, 5.74) is 2.74. The van der Waals surface area contributed by atoms with Crippen LogP contribution in [-0.2, 0) is 11.3 Å². The van der Waals surface area contributed by atoms with Gasteiger partial charge in [0.05, 0.1) is 17.5 Å². The molecule has 1 heterocycles. The van der Waals surface area contributed by atoms with Gasteiger partial charge >= 0.3 is 0 Å². The third kappa shape index (κ3) is 5.38. The van der Waals surface area contributed by atoms with E-state index in [-0.39, 0.29) is 23.4 Å². The minimum atomic E-state index is -0.423. The first kappa shape index (κ1) is 22.5. The van der Waals surface area contributed by atoms with E-state index < -0.39 is 17.0 Å². The van der Waals surface area contributed by atoms with E-state index in [0.717, 1.165) is 22.2 Å². The molecule has 0 aliphatic carbocycles. The second kappa shape index (κ2) is 9.83. The maximum atomic E-state index is 13.4. The van der Waals surface area contributed by atoms with Gasteiger partial charge in [-0.25, -0.2) is 4.39 Å². The number of nitrogens with zero attached hydrogens (tertiary/aromatic N) is 1. The number of benzene rings is 3. The number of halogens is 1. The molecule has 33 heavy (non-hydrogen) atoms. The number of imide groups is 1. The van der Waals surface area contributed by atoms with Gasteiger partial charge in [0.2, 0.25) is 0 Å². The summed E-state index contributed by atoms with van der Waals surface area (Å²) >= 11 is 0.842. The summed E-state index contributed by atoms with van der Waals surface area (Å²) < 4.78 is 13.4. The molecule has 1 fully saturated rings. The van der Waals surface area contributed by atoms with Crippen molar-refractivity contribution in [3.8, 4) is 0 Å². The van der Waals surface area contributed by atoms with E-state index in [9.17, 15) is 18.8 Å². The van der Waals surface area contributed by atoms with Crippen molar-refractivity contribution in [1.29, 1.82) is 0 Å². The van der Waals surface area contributed by atoms with Crippen LogP contribution in [-0.4, -0.2) is 22.0 Å². The highest BCUT2D eigenvalue weighted by Gasteiger charge is 2.35. The van der Waals surface area contributed by atoms with Gasteiger partial charge in [-0.3, -0.25) is 19.3 Å². The molecule has 0 aromatic heterocycles. The van der Waals surface area contributed by atoms with Crippen LogP contribution < -0.4 is 5.32 Å². The largest absolute Gasteiger partial charge is 0.346 e. The van der Waals surface area contributed by atoms with Crippen LogP contribution in [0.2, 0.25) is 0 Å². The van der Waals surface area contributed by atoms with Gasteiger partial charge in [-0.05, 0) is 65.7 Å². The minimum absolute atomic E-state index is 0.0124. The number of amides is 3. The first-order chi connectivity index (χ1) is 15.9. The van der Waals surface area contributed by atoms with Crippen LogP contribution >= 0.6 is 11.8 Å². The fourth-order valence-electron chi connectivity index (χ4n) is 3.44. The van der Waals surface area contributed by atoms with Crippen molar-refractivity contribution in [1.82, 2.24) is 10.2 Å². The summed E-state index contributed by atoms with van der Waals surface area (Å²) in [7, 11) is 0. The van der Waals surface area contributed by atoms with Gasteiger partial charge in [-0.15, -0.1) is 0 Å². The van der Waals surface area contributed by atoms with E-state index in [1.165, 1.54) is 18.2 Å². The second-order valence-electron chi connectivity index (χ2n) is 7.63. The quantitative estimate of drug-likeness (QED) is 0.490. The SMILES string of the molecule is CC(NC(=O)c1ccc(/C=C2\SC(=O)N(Cc3cccc(F)c3)C2=O)cc1)c1ccccc1. The van der Waals surface area contributed by atoms with Crippen molar-refractivity contribution in [2.24, 2.45) is 0 Å². The summed E-state index contributed by atoms with van der Waals surface area (Å²) in [6.45, 7) is 1.93. The Morgan fingerprint density at radius 3 is 2.45 bits per heavy atom. The highest BCUT2D eigenvalue weighted by atomic mass is 32.2. The maximum absolute atomic E-state index is 13.4. The molecule has 3 amide bonds. The Labute approximate surface area is 195 Å². The van der Waals surface area contributed by atoms with Crippen LogP contribution in [0.25, 0.3) is 6.08 Å². The van der Waals surface area contributed by atoms with E-state index in [0.29, 0.717) is 16.7 Å². The predicted octanol–water partition coefficient (Wildman–Crippen LogP) is 5.55. The van der Waals surface area contributed by atoms with E-state index in [1.807, 2.05) is 37.3 Å². The summed E-state index contributed by atoms with van der Waals surface area (Å²) in [4.78, 5) is 39.0. The fourth-order valence-corrected chi connectivity index (χ4v) is 4.28. The van der Waals surface area contributed by atoms with Gasteiger partial charge in [-0.2, -0.15) is 0 Å². The zero-order valence-electron chi connectivity index (χ0n) is 17.8. The fraction of sp³-hybridized carbons (Fsp3) is 0.115. The predicted molar refractivity (Wildman–Crippen MR) is 127 cm³/mol. The molecule has 1 unspecified atom stereocenters. The Bertz CT molecular complexity index is 1230. The van der Waals surface area contributed by atoms with Gasteiger partial charge in [-0.1, -0.05) is 54.6 Å². The first-order valence-corrected chi connectivity index (χ1v) is 11.2. The smallest absolute Gasteiger partial charge is 0.293 e. The topological polar surface area (TPSA) is 66.5 Å². The lowest BCUT2D eigenvalue weighted by atomic mass is 10.1. The zero-order valence-corrected chi connectivity index (χ0v) is 18.6. The van der Waals surface area contributed by atoms with E-state index in [1.54, 1.807) is 36.4 Å². The molecule has 0 spiro atoms. The van der Waals surface area contributed by atoms with Crippen LogP contribution in [0, 0.1) is 5.82 Å². The van der Waals surface area contributed by atoms with Gasteiger partial charge < -0.3 is 5.32 Å². The lowest BCUT2D eigenvalue weighted by molar-refractivity contribution is -0.123. The number of hydrogen-bond donors (Lipinski definition) is 1. The average Bonchev–Trinajstić information content (AvgIpc) is 3.07. The molecule has 7 heteroatoms. The molecular weight excluding hydrogens is 439 g/mol. The number of hydrogen-bond acceptors (Lipinski definition) is 4. The van der Waals surface area contributed by atoms with E-state index in [4.69, 9.17) is 0 Å². The highest BCUT2D eigenvalue weighted by molar-refractivity contribution is 8.18.